The average Bonchev–Trinajstić information content (AvgIpc) is 2.33. The summed E-state index contributed by atoms with van der Waals surface area (Å²) in [6.07, 6.45) is 0. The summed E-state index contributed by atoms with van der Waals surface area (Å²) in [5.74, 6) is 0.422. The van der Waals surface area contributed by atoms with Crippen molar-refractivity contribution in [2.75, 3.05) is 5.32 Å². The number of hydrogen-bond donors (Lipinski definition) is 1. The molecule has 0 radical (unpaired) electrons. The first-order valence-corrected chi connectivity index (χ1v) is 5.66. The third kappa shape index (κ3) is 2.31. The van der Waals surface area contributed by atoms with Crippen molar-refractivity contribution < 1.29 is 0 Å². The minimum atomic E-state index is -0.382. The van der Waals surface area contributed by atoms with E-state index in [1.165, 1.54) is 17.7 Å². The second-order valence-corrected chi connectivity index (χ2v) is 4.34. The number of aromatic nitrogens is 2. The zero-order chi connectivity index (χ0) is 13.3. The number of nitrogens with one attached hydrogen (secondary N) is 1. The highest BCUT2D eigenvalue weighted by Crippen LogP contribution is 2.18. The van der Waals surface area contributed by atoms with E-state index in [2.05, 4.69) is 5.32 Å². The standard InChI is InChI=1S/C12H12ClN3O2/c1-15-10(7-11(17)16(2)12(15)18)14-9-5-3-4-8(13)6-9/h3-7,14H,1-2H3. The quantitative estimate of drug-likeness (QED) is 0.895. The minimum Gasteiger partial charge on any atom is -0.341 e. The van der Waals surface area contributed by atoms with Gasteiger partial charge in [0, 0.05) is 30.9 Å². The van der Waals surface area contributed by atoms with E-state index in [9.17, 15) is 9.59 Å². The Morgan fingerprint density at radius 3 is 2.50 bits per heavy atom. The van der Waals surface area contributed by atoms with Crippen molar-refractivity contribution in [1.29, 1.82) is 0 Å². The second-order valence-electron chi connectivity index (χ2n) is 3.90. The van der Waals surface area contributed by atoms with E-state index in [1.807, 2.05) is 0 Å². The van der Waals surface area contributed by atoms with Gasteiger partial charge in [-0.15, -0.1) is 0 Å². The van der Waals surface area contributed by atoms with Crippen LogP contribution >= 0.6 is 11.6 Å². The van der Waals surface area contributed by atoms with Crippen LogP contribution in [0.5, 0.6) is 0 Å². The normalized spacial score (nSPS) is 10.4. The molecule has 0 bridgehead atoms. The van der Waals surface area contributed by atoms with Crippen molar-refractivity contribution >= 4 is 23.1 Å². The van der Waals surface area contributed by atoms with Gasteiger partial charge in [-0.3, -0.25) is 13.9 Å². The van der Waals surface area contributed by atoms with E-state index in [1.54, 1.807) is 31.3 Å². The van der Waals surface area contributed by atoms with Crippen LogP contribution < -0.4 is 16.6 Å². The lowest BCUT2D eigenvalue weighted by Gasteiger charge is -2.11. The molecule has 0 atom stereocenters. The monoisotopic (exact) mass is 265 g/mol. The van der Waals surface area contributed by atoms with Gasteiger partial charge in [0.25, 0.3) is 5.56 Å². The van der Waals surface area contributed by atoms with Crippen LogP contribution in [0.4, 0.5) is 11.5 Å². The molecule has 0 fully saturated rings. The minimum absolute atomic E-state index is 0.359. The molecule has 0 aliphatic heterocycles. The Morgan fingerprint density at radius 1 is 1.11 bits per heavy atom. The van der Waals surface area contributed by atoms with Crippen molar-refractivity contribution in [3.63, 3.8) is 0 Å². The van der Waals surface area contributed by atoms with Crippen LogP contribution in [-0.2, 0) is 14.1 Å². The topological polar surface area (TPSA) is 56.0 Å². The Hall–Kier alpha value is -2.01. The summed E-state index contributed by atoms with van der Waals surface area (Å²) in [6.45, 7) is 0. The lowest BCUT2D eigenvalue weighted by molar-refractivity contribution is 0.693. The predicted octanol–water partition coefficient (Wildman–Crippen LogP) is 1.48. The Labute approximate surface area is 108 Å². The predicted molar refractivity (Wildman–Crippen MR) is 71.7 cm³/mol. The van der Waals surface area contributed by atoms with E-state index >= 15 is 0 Å². The molecule has 1 aromatic carbocycles. The Balaban J connectivity index is 2.48. The SMILES string of the molecule is Cn1c(Nc2cccc(Cl)c2)cc(=O)n(C)c1=O. The first kappa shape index (κ1) is 12.4. The largest absolute Gasteiger partial charge is 0.341 e. The van der Waals surface area contributed by atoms with Gasteiger partial charge in [0.1, 0.15) is 5.82 Å². The molecule has 0 amide bonds. The molecule has 0 spiro atoms. The first-order chi connectivity index (χ1) is 8.49. The fourth-order valence-electron chi connectivity index (χ4n) is 1.57. The van der Waals surface area contributed by atoms with Crippen LogP contribution in [-0.4, -0.2) is 9.13 Å². The highest BCUT2D eigenvalue weighted by atomic mass is 35.5. The van der Waals surface area contributed by atoms with Crippen molar-refractivity contribution in [3.05, 3.63) is 56.2 Å². The van der Waals surface area contributed by atoms with Gasteiger partial charge in [0.2, 0.25) is 0 Å². The number of rotatable bonds is 2. The molecule has 0 aliphatic carbocycles. The van der Waals surface area contributed by atoms with Gasteiger partial charge >= 0.3 is 5.69 Å². The zero-order valence-electron chi connectivity index (χ0n) is 9.98. The fraction of sp³-hybridized carbons (Fsp3) is 0.167. The van der Waals surface area contributed by atoms with Crippen molar-refractivity contribution in [2.45, 2.75) is 0 Å². The molecule has 0 unspecified atom stereocenters. The molecule has 1 heterocycles. The average molecular weight is 266 g/mol. The lowest BCUT2D eigenvalue weighted by atomic mass is 10.3. The van der Waals surface area contributed by atoms with Crippen LogP contribution in [0.25, 0.3) is 0 Å². The number of benzene rings is 1. The summed E-state index contributed by atoms with van der Waals surface area (Å²) in [7, 11) is 3.03. The van der Waals surface area contributed by atoms with E-state index in [0.29, 0.717) is 16.5 Å². The number of halogens is 1. The summed E-state index contributed by atoms with van der Waals surface area (Å²) >= 11 is 5.86. The molecule has 0 saturated carbocycles. The fourth-order valence-corrected chi connectivity index (χ4v) is 1.76. The van der Waals surface area contributed by atoms with Crippen molar-refractivity contribution in [1.82, 2.24) is 9.13 Å². The van der Waals surface area contributed by atoms with Gasteiger partial charge in [-0.05, 0) is 18.2 Å². The molecular weight excluding hydrogens is 254 g/mol. The summed E-state index contributed by atoms with van der Waals surface area (Å²) in [5, 5.41) is 3.56. The highest BCUT2D eigenvalue weighted by molar-refractivity contribution is 6.30. The molecule has 2 rings (SSSR count). The summed E-state index contributed by atoms with van der Waals surface area (Å²) in [5.41, 5.74) is -0.0274. The van der Waals surface area contributed by atoms with E-state index in [4.69, 9.17) is 11.6 Å². The molecule has 0 saturated heterocycles. The van der Waals surface area contributed by atoms with Gasteiger partial charge in [0.15, 0.2) is 0 Å². The molecule has 1 N–H and O–H groups in total. The molecule has 5 nitrogen and oxygen atoms in total. The number of hydrogen-bond acceptors (Lipinski definition) is 3. The van der Waals surface area contributed by atoms with Crippen LogP contribution in [0.1, 0.15) is 0 Å². The van der Waals surface area contributed by atoms with Gasteiger partial charge in [0.05, 0.1) is 0 Å². The van der Waals surface area contributed by atoms with Crippen LogP contribution in [0.2, 0.25) is 5.02 Å². The van der Waals surface area contributed by atoms with E-state index in [-0.39, 0.29) is 11.2 Å². The molecule has 1 aromatic heterocycles. The first-order valence-electron chi connectivity index (χ1n) is 5.28. The van der Waals surface area contributed by atoms with Crippen molar-refractivity contribution in [3.8, 4) is 0 Å². The van der Waals surface area contributed by atoms with E-state index in [0.717, 1.165) is 4.57 Å². The Morgan fingerprint density at radius 2 is 1.83 bits per heavy atom. The molecule has 94 valence electrons. The molecule has 2 aromatic rings. The molecule has 18 heavy (non-hydrogen) atoms. The zero-order valence-corrected chi connectivity index (χ0v) is 10.7. The lowest BCUT2D eigenvalue weighted by Crippen LogP contribution is -2.37. The summed E-state index contributed by atoms with van der Waals surface area (Å²) < 4.78 is 2.41. The maximum atomic E-state index is 11.7. The van der Waals surface area contributed by atoms with Crippen LogP contribution in [0.3, 0.4) is 0 Å². The molecule has 0 aliphatic rings. The van der Waals surface area contributed by atoms with E-state index < -0.39 is 0 Å². The highest BCUT2D eigenvalue weighted by Gasteiger charge is 2.05. The van der Waals surface area contributed by atoms with Crippen LogP contribution in [0.15, 0.2) is 39.9 Å². The molecular formula is C12H12ClN3O2. The van der Waals surface area contributed by atoms with Crippen LogP contribution in [0, 0.1) is 0 Å². The smallest absolute Gasteiger partial charge is 0.332 e. The third-order valence-corrected chi connectivity index (χ3v) is 2.86. The maximum Gasteiger partial charge on any atom is 0.332 e. The number of nitrogens with zero attached hydrogens (tertiary/aromatic N) is 2. The van der Waals surface area contributed by atoms with Gasteiger partial charge < -0.3 is 5.32 Å². The van der Waals surface area contributed by atoms with Gasteiger partial charge in [-0.25, -0.2) is 4.79 Å². The Bertz CT molecular complexity index is 703. The van der Waals surface area contributed by atoms with Crippen molar-refractivity contribution in [2.24, 2.45) is 14.1 Å². The summed E-state index contributed by atoms with van der Waals surface area (Å²) in [6, 6.07) is 8.40. The van der Waals surface area contributed by atoms with Gasteiger partial charge in [-0.2, -0.15) is 0 Å². The number of anilines is 2. The third-order valence-electron chi connectivity index (χ3n) is 2.62. The summed E-state index contributed by atoms with van der Waals surface area (Å²) in [4.78, 5) is 23.3. The molecule has 6 heteroatoms. The Kier molecular flexibility index (Phi) is 3.25. The second kappa shape index (κ2) is 4.70. The van der Waals surface area contributed by atoms with Gasteiger partial charge in [-0.1, -0.05) is 17.7 Å². The maximum absolute atomic E-state index is 11.7.